The molecule has 0 aromatic heterocycles. The maximum absolute atomic E-state index is 12.4. The summed E-state index contributed by atoms with van der Waals surface area (Å²) in [5.74, 6) is -0.0929. The number of rotatable bonds is 5. The van der Waals surface area contributed by atoms with Crippen molar-refractivity contribution in [3.05, 3.63) is 75.8 Å². The first-order chi connectivity index (χ1) is 12.1. The predicted octanol–water partition coefficient (Wildman–Crippen LogP) is 3.95. The summed E-state index contributed by atoms with van der Waals surface area (Å²) in [4.78, 5) is 14.1. The van der Waals surface area contributed by atoms with Gasteiger partial charge in [-0.25, -0.2) is 0 Å². The van der Waals surface area contributed by atoms with Gasteiger partial charge >= 0.3 is 0 Å². The number of β-lactam (4-membered cyclic amide) rings is 1. The molecule has 0 aliphatic carbocycles. The third kappa shape index (κ3) is 3.65. The van der Waals surface area contributed by atoms with Gasteiger partial charge in [-0.2, -0.15) is 5.26 Å². The van der Waals surface area contributed by atoms with Crippen molar-refractivity contribution in [2.75, 3.05) is 13.7 Å². The van der Waals surface area contributed by atoms with Gasteiger partial charge in [-0.05, 0) is 29.3 Å². The molecule has 0 saturated carbocycles. The average molecular weight is 397 g/mol. The van der Waals surface area contributed by atoms with Crippen LogP contribution in [0.15, 0.2) is 64.6 Å². The van der Waals surface area contributed by atoms with Crippen molar-refractivity contribution >= 4 is 27.9 Å². The van der Waals surface area contributed by atoms with Gasteiger partial charge in [-0.15, -0.1) is 0 Å². The Morgan fingerprint density at radius 1 is 1.24 bits per heavy atom. The Morgan fingerprint density at radius 2 is 1.92 bits per heavy atom. The van der Waals surface area contributed by atoms with E-state index in [1.807, 2.05) is 60.7 Å². The zero-order chi connectivity index (χ0) is 17.8. The predicted molar refractivity (Wildman–Crippen MR) is 99.4 cm³/mol. The van der Waals surface area contributed by atoms with Gasteiger partial charge in [0.2, 0.25) is 0 Å². The molecular weight excluding hydrogens is 380 g/mol. The lowest BCUT2D eigenvalue weighted by molar-refractivity contribution is -0.170. The number of hydrogen-bond acceptors (Lipinski definition) is 3. The van der Waals surface area contributed by atoms with Gasteiger partial charge in [0.05, 0.1) is 18.7 Å². The van der Waals surface area contributed by atoms with E-state index in [9.17, 15) is 10.1 Å². The summed E-state index contributed by atoms with van der Waals surface area (Å²) in [7, 11) is 1.54. The molecule has 4 nitrogen and oxygen atoms in total. The van der Waals surface area contributed by atoms with Gasteiger partial charge in [0.15, 0.2) is 6.10 Å². The molecule has 0 bridgehead atoms. The molecule has 1 aliphatic heterocycles. The van der Waals surface area contributed by atoms with Crippen molar-refractivity contribution in [1.82, 2.24) is 4.90 Å². The molecule has 0 unspecified atom stereocenters. The highest BCUT2D eigenvalue weighted by Crippen LogP contribution is 2.37. The molecule has 126 valence electrons. The van der Waals surface area contributed by atoms with Crippen molar-refractivity contribution in [3.63, 3.8) is 0 Å². The molecule has 1 heterocycles. The first-order valence-corrected chi connectivity index (χ1v) is 8.68. The van der Waals surface area contributed by atoms with Crippen LogP contribution in [0.5, 0.6) is 0 Å². The summed E-state index contributed by atoms with van der Waals surface area (Å²) in [5.41, 5.74) is 2.47. The van der Waals surface area contributed by atoms with Gasteiger partial charge in [0.1, 0.15) is 0 Å². The standard InChI is InChI=1S/C20H17BrN2O2/c1-25-19-18(16-7-9-17(21)10-8-16)23(20(19)24)13-15(12-22)11-14-5-3-2-4-6-14/h2-11,18-19H,13H2,1H3/b15-11+/t18-,19+/m1/s1. The molecule has 2 aromatic carbocycles. The number of likely N-dealkylation sites (tertiary alicyclic amines) is 1. The van der Waals surface area contributed by atoms with Gasteiger partial charge in [0.25, 0.3) is 5.91 Å². The SMILES string of the molecule is CO[C@@H]1C(=O)N(C/C(C#N)=C/c2ccccc2)[C@@H]1c1ccc(Br)cc1. The summed E-state index contributed by atoms with van der Waals surface area (Å²) in [6.45, 7) is 0.269. The summed E-state index contributed by atoms with van der Waals surface area (Å²) >= 11 is 3.42. The molecule has 0 spiro atoms. The molecule has 3 rings (SSSR count). The zero-order valence-corrected chi connectivity index (χ0v) is 15.3. The summed E-state index contributed by atoms with van der Waals surface area (Å²) in [6.07, 6.45) is 1.31. The van der Waals surface area contributed by atoms with Crippen molar-refractivity contribution < 1.29 is 9.53 Å². The van der Waals surface area contributed by atoms with Crippen LogP contribution in [0.4, 0.5) is 0 Å². The monoisotopic (exact) mass is 396 g/mol. The molecular formula is C20H17BrN2O2. The highest BCUT2D eigenvalue weighted by atomic mass is 79.9. The molecule has 2 atom stereocenters. The van der Waals surface area contributed by atoms with Crippen LogP contribution in [0.3, 0.4) is 0 Å². The van der Waals surface area contributed by atoms with E-state index in [1.54, 1.807) is 4.90 Å². The summed E-state index contributed by atoms with van der Waals surface area (Å²) in [5, 5.41) is 9.46. The van der Waals surface area contributed by atoms with Crippen LogP contribution in [0.2, 0.25) is 0 Å². The van der Waals surface area contributed by atoms with Crippen LogP contribution in [0.25, 0.3) is 6.08 Å². The fourth-order valence-electron chi connectivity index (χ4n) is 2.98. The van der Waals surface area contributed by atoms with E-state index >= 15 is 0 Å². The molecule has 2 aromatic rings. The Bertz CT molecular complexity index is 825. The average Bonchev–Trinajstić information content (AvgIpc) is 2.64. The smallest absolute Gasteiger partial charge is 0.255 e. The third-order valence-electron chi connectivity index (χ3n) is 4.24. The minimum Gasteiger partial charge on any atom is -0.369 e. The second kappa shape index (κ2) is 7.64. The van der Waals surface area contributed by atoms with E-state index in [-0.39, 0.29) is 18.5 Å². The van der Waals surface area contributed by atoms with Crippen LogP contribution in [0, 0.1) is 11.3 Å². The van der Waals surface area contributed by atoms with E-state index in [0.717, 1.165) is 15.6 Å². The number of halogens is 1. The molecule has 1 amide bonds. The van der Waals surface area contributed by atoms with Crippen molar-refractivity contribution in [1.29, 1.82) is 5.26 Å². The number of hydrogen-bond donors (Lipinski definition) is 0. The number of carbonyl (C=O) groups excluding carboxylic acids is 1. The van der Waals surface area contributed by atoms with Crippen LogP contribution < -0.4 is 0 Å². The molecule has 0 radical (unpaired) electrons. The Morgan fingerprint density at radius 3 is 2.52 bits per heavy atom. The molecule has 1 fully saturated rings. The fourth-order valence-corrected chi connectivity index (χ4v) is 3.25. The van der Waals surface area contributed by atoms with Crippen LogP contribution in [-0.4, -0.2) is 30.6 Å². The maximum Gasteiger partial charge on any atom is 0.255 e. The molecule has 25 heavy (non-hydrogen) atoms. The normalized spacial score (nSPS) is 20.1. The van der Waals surface area contributed by atoms with E-state index < -0.39 is 6.10 Å². The third-order valence-corrected chi connectivity index (χ3v) is 4.77. The number of benzene rings is 2. The lowest BCUT2D eigenvalue weighted by Crippen LogP contribution is -2.59. The topological polar surface area (TPSA) is 53.3 Å². The number of amides is 1. The van der Waals surface area contributed by atoms with Crippen LogP contribution >= 0.6 is 15.9 Å². The van der Waals surface area contributed by atoms with Crippen LogP contribution in [-0.2, 0) is 9.53 Å². The van der Waals surface area contributed by atoms with Crippen molar-refractivity contribution in [2.45, 2.75) is 12.1 Å². The molecule has 0 N–H and O–H groups in total. The van der Waals surface area contributed by atoms with Gasteiger partial charge in [-0.3, -0.25) is 4.79 Å². The highest BCUT2D eigenvalue weighted by molar-refractivity contribution is 9.10. The van der Waals surface area contributed by atoms with E-state index in [4.69, 9.17) is 4.74 Å². The lowest BCUT2D eigenvalue weighted by atomic mass is 9.90. The number of carbonyl (C=O) groups is 1. The van der Waals surface area contributed by atoms with Crippen molar-refractivity contribution in [2.24, 2.45) is 0 Å². The molecule has 1 aliphatic rings. The van der Waals surface area contributed by atoms with Gasteiger partial charge in [0, 0.05) is 17.2 Å². The highest BCUT2D eigenvalue weighted by Gasteiger charge is 2.48. The second-order valence-electron chi connectivity index (χ2n) is 5.81. The number of nitriles is 1. The fraction of sp³-hybridized carbons (Fsp3) is 0.200. The van der Waals surface area contributed by atoms with E-state index in [0.29, 0.717) is 5.57 Å². The van der Waals surface area contributed by atoms with E-state index in [2.05, 4.69) is 22.0 Å². The first-order valence-electron chi connectivity index (χ1n) is 7.88. The number of methoxy groups -OCH3 is 1. The van der Waals surface area contributed by atoms with Gasteiger partial charge in [-0.1, -0.05) is 58.4 Å². The Labute approximate surface area is 155 Å². The van der Waals surface area contributed by atoms with Crippen LogP contribution in [0.1, 0.15) is 17.2 Å². The number of nitrogens with zero attached hydrogens (tertiary/aromatic N) is 2. The summed E-state index contributed by atoms with van der Waals surface area (Å²) in [6, 6.07) is 19.5. The minimum atomic E-state index is -0.502. The quantitative estimate of drug-likeness (QED) is 0.567. The van der Waals surface area contributed by atoms with Crippen molar-refractivity contribution in [3.8, 4) is 6.07 Å². The Kier molecular flexibility index (Phi) is 5.32. The second-order valence-corrected chi connectivity index (χ2v) is 6.73. The number of ether oxygens (including phenoxy) is 1. The lowest BCUT2D eigenvalue weighted by Gasteiger charge is -2.46. The zero-order valence-electron chi connectivity index (χ0n) is 13.7. The maximum atomic E-state index is 12.4. The Hall–Kier alpha value is -2.42. The van der Waals surface area contributed by atoms with Gasteiger partial charge < -0.3 is 9.64 Å². The summed E-state index contributed by atoms with van der Waals surface area (Å²) < 4.78 is 6.33. The Balaban J connectivity index is 1.84. The largest absolute Gasteiger partial charge is 0.369 e. The minimum absolute atomic E-state index is 0.0929. The first kappa shape index (κ1) is 17.4. The molecule has 1 saturated heterocycles. The molecule has 5 heteroatoms. The van der Waals surface area contributed by atoms with E-state index in [1.165, 1.54) is 7.11 Å².